The zero-order valence-electron chi connectivity index (χ0n) is 6.64. The summed E-state index contributed by atoms with van der Waals surface area (Å²) in [4.78, 5) is 9.73. The van der Waals surface area contributed by atoms with Crippen molar-refractivity contribution in [2.75, 3.05) is 0 Å². The van der Waals surface area contributed by atoms with E-state index >= 15 is 0 Å². The van der Waals surface area contributed by atoms with Gasteiger partial charge < -0.3 is 5.11 Å². The number of hydrogen-bond donors (Lipinski definition) is 1. The Morgan fingerprint density at radius 1 is 1.73 bits per heavy atom. The van der Waals surface area contributed by atoms with Crippen molar-refractivity contribution < 1.29 is 9.90 Å². The van der Waals surface area contributed by atoms with Crippen LogP contribution >= 0.6 is 11.6 Å². The van der Waals surface area contributed by atoms with Gasteiger partial charge in [-0.3, -0.25) is 4.79 Å². The van der Waals surface area contributed by atoms with Crippen LogP contribution in [0.2, 0.25) is 0 Å². The van der Waals surface area contributed by atoms with Crippen molar-refractivity contribution in [3.63, 3.8) is 0 Å². The molecule has 0 aliphatic heterocycles. The first-order valence-corrected chi connectivity index (χ1v) is 4.35. The topological polar surface area (TPSA) is 37.3 Å². The molecule has 3 heteroatoms. The first-order chi connectivity index (χ1) is 5.04. The van der Waals surface area contributed by atoms with Crippen molar-refractivity contribution in [2.45, 2.75) is 37.5 Å². The molecule has 0 saturated heterocycles. The number of carbonyl (C=O) groups is 1. The molecule has 1 fully saturated rings. The predicted molar refractivity (Wildman–Crippen MR) is 43.9 cm³/mol. The Morgan fingerprint density at radius 2 is 2.36 bits per heavy atom. The van der Waals surface area contributed by atoms with E-state index in [1.54, 1.807) is 0 Å². The van der Waals surface area contributed by atoms with E-state index in [0.29, 0.717) is 18.8 Å². The Balaban J connectivity index is 2.63. The van der Waals surface area contributed by atoms with Gasteiger partial charge in [-0.05, 0) is 18.8 Å². The fourth-order valence-corrected chi connectivity index (χ4v) is 2.08. The van der Waals surface area contributed by atoms with Crippen molar-refractivity contribution in [3.05, 3.63) is 0 Å². The van der Waals surface area contributed by atoms with Crippen molar-refractivity contribution in [1.29, 1.82) is 0 Å². The summed E-state index contributed by atoms with van der Waals surface area (Å²) in [5.41, 5.74) is 0. The number of hydrogen-bond acceptors (Lipinski definition) is 1. The second-order valence-corrected chi connectivity index (χ2v) is 4.20. The van der Waals surface area contributed by atoms with Gasteiger partial charge in [0.2, 0.25) is 0 Å². The summed E-state index contributed by atoms with van der Waals surface area (Å²) in [6.07, 6.45) is 3.29. The number of rotatable bonds is 1. The summed E-state index contributed by atoms with van der Waals surface area (Å²) in [5.74, 6) is -0.400. The van der Waals surface area contributed by atoms with Crippen LogP contribution in [0, 0.1) is 5.92 Å². The molecule has 1 aliphatic carbocycles. The first-order valence-electron chi connectivity index (χ1n) is 3.97. The summed E-state index contributed by atoms with van der Waals surface area (Å²) in [6, 6.07) is 0. The molecular weight excluding hydrogens is 164 g/mol. The monoisotopic (exact) mass is 176 g/mol. The highest BCUT2D eigenvalue weighted by molar-refractivity contribution is 6.33. The maximum absolute atomic E-state index is 10.7. The van der Waals surface area contributed by atoms with Gasteiger partial charge in [-0.25, -0.2) is 0 Å². The minimum atomic E-state index is -0.961. The molecule has 0 aromatic heterocycles. The molecule has 0 heterocycles. The predicted octanol–water partition coefficient (Wildman–Crippen LogP) is 2.26. The van der Waals surface area contributed by atoms with Gasteiger partial charge in [-0.1, -0.05) is 19.8 Å². The molecule has 2 unspecified atom stereocenters. The molecule has 0 bridgehead atoms. The first kappa shape index (κ1) is 8.85. The number of halogens is 1. The van der Waals surface area contributed by atoms with Crippen LogP contribution in [0.1, 0.15) is 32.6 Å². The van der Waals surface area contributed by atoms with E-state index < -0.39 is 10.8 Å². The average Bonchev–Trinajstić information content (AvgIpc) is 1.86. The van der Waals surface area contributed by atoms with E-state index in [1.165, 1.54) is 0 Å². The summed E-state index contributed by atoms with van der Waals surface area (Å²) in [5, 5.41) is 8.78. The second kappa shape index (κ2) is 3.02. The van der Waals surface area contributed by atoms with Crippen LogP contribution in [0.15, 0.2) is 0 Å². The number of carboxylic acids is 1. The minimum absolute atomic E-state index is 0.456. The Morgan fingerprint density at radius 3 is 2.73 bits per heavy atom. The lowest BCUT2D eigenvalue weighted by Gasteiger charge is -2.30. The largest absolute Gasteiger partial charge is 0.480 e. The standard InChI is InChI=1S/C8H13ClO2/c1-6-3-2-4-8(9,5-6)7(10)11/h6H,2-5H2,1H3,(H,10,11). The maximum atomic E-state index is 10.7. The Labute approximate surface area is 71.5 Å². The highest BCUT2D eigenvalue weighted by Gasteiger charge is 2.39. The van der Waals surface area contributed by atoms with Gasteiger partial charge in [-0.15, -0.1) is 11.6 Å². The summed E-state index contributed by atoms with van der Waals surface area (Å²) in [6.45, 7) is 2.05. The van der Waals surface area contributed by atoms with Crippen LogP contribution in [0.5, 0.6) is 0 Å². The van der Waals surface area contributed by atoms with Gasteiger partial charge in [0, 0.05) is 0 Å². The number of carboxylic acid groups (broad SMARTS) is 1. The molecule has 2 atom stereocenters. The number of alkyl halides is 1. The van der Waals surface area contributed by atoms with Crippen LogP contribution < -0.4 is 0 Å². The smallest absolute Gasteiger partial charge is 0.324 e. The maximum Gasteiger partial charge on any atom is 0.324 e. The minimum Gasteiger partial charge on any atom is -0.480 e. The van der Waals surface area contributed by atoms with Gasteiger partial charge in [-0.2, -0.15) is 0 Å². The third kappa shape index (κ3) is 1.86. The van der Waals surface area contributed by atoms with E-state index in [1.807, 2.05) is 0 Å². The molecule has 1 N–H and O–H groups in total. The molecule has 11 heavy (non-hydrogen) atoms. The van der Waals surface area contributed by atoms with Crippen molar-refractivity contribution >= 4 is 17.6 Å². The van der Waals surface area contributed by atoms with E-state index in [-0.39, 0.29) is 0 Å². The molecule has 0 spiro atoms. The van der Waals surface area contributed by atoms with Gasteiger partial charge in [0.05, 0.1) is 0 Å². The molecule has 1 saturated carbocycles. The lowest BCUT2D eigenvalue weighted by atomic mass is 9.82. The van der Waals surface area contributed by atoms with Gasteiger partial charge in [0.25, 0.3) is 0 Å². The highest BCUT2D eigenvalue weighted by atomic mass is 35.5. The van der Waals surface area contributed by atoms with Crippen LogP contribution in [0.4, 0.5) is 0 Å². The van der Waals surface area contributed by atoms with Crippen LogP contribution in [-0.4, -0.2) is 16.0 Å². The molecular formula is C8H13ClO2. The van der Waals surface area contributed by atoms with Crippen LogP contribution in [0.25, 0.3) is 0 Å². The van der Waals surface area contributed by atoms with Crippen LogP contribution in [0.3, 0.4) is 0 Å². The number of aliphatic carboxylic acids is 1. The Bertz CT molecular complexity index is 169. The van der Waals surface area contributed by atoms with E-state index in [0.717, 1.165) is 12.8 Å². The van der Waals surface area contributed by atoms with Crippen molar-refractivity contribution in [1.82, 2.24) is 0 Å². The fourth-order valence-electron chi connectivity index (χ4n) is 1.68. The molecule has 64 valence electrons. The van der Waals surface area contributed by atoms with Gasteiger partial charge >= 0.3 is 5.97 Å². The Hall–Kier alpha value is -0.240. The zero-order chi connectivity index (χ0) is 8.48. The fraction of sp³-hybridized carbons (Fsp3) is 0.875. The highest BCUT2D eigenvalue weighted by Crippen LogP contribution is 2.37. The van der Waals surface area contributed by atoms with E-state index in [4.69, 9.17) is 16.7 Å². The lowest BCUT2D eigenvalue weighted by molar-refractivity contribution is -0.141. The normalized spacial score (nSPS) is 38.5. The molecule has 1 aliphatic rings. The molecule has 0 amide bonds. The lowest BCUT2D eigenvalue weighted by Crippen LogP contribution is -2.37. The van der Waals surface area contributed by atoms with Gasteiger partial charge in [0.15, 0.2) is 0 Å². The molecule has 0 aromatic rings. The third-order valence-electron chi connectivity index (χ3n) is 2.33. The zero-order valence-corrected chi connectivity index (χ0v) is 7.40. The summed E-state index contributed by atoms with van der Waals surface area (Å²) >= 11 is 5.91. The average molecular weight is 177 g/mol. The van der Waals surface area contributed by atoms with Crippen LogP contribution in [-0.2, 0) is 4.79 Å². The molecule has 2 nitrogen and oxygen atoms in total. The van der Waals surface area contributed by atoms with E-state index in [9.17, 15) is 4.79 Å². The van der Waals surface area contributed by atoms with Crippen molar-refractivity contribution in [3.8, 4) is 0 Å². The Kier molecular flexibility index (Phi) is 2.43. The molecule has 1 rings (SSSR count). The van der Waals surface area contributed by atoms with Gasteiger partial charge in [0.1, 0.15) is 4.87 Å². The second-order valence-electron chi connectivity index (χ2n) is 3.47. The third-order valence-corrected chi connectivity index (χ3v) is 2.83. The molecule has 0 aromatic carbocycles. The summed E-state index contributed by atoms with van der Waals surface area (Å²) in [7, 11) is 0. The molecule has 0 radical (unpaired) electrons. The summed E-state index contributed by atoms with van der Waals surface area (Å²) < 4.78 is 0. The van der Waals surface area contributed by atoms with E-state index in [2.05, 4.69) is 6.92 Å². The van der Waals surface area contributed by atoms with Crippen molar-refractivity contribution in [2.24, 2.45) is 5.92 Å². The quantitative estimate of drug-likeness (QED) is 0.623. The SMILES string of the molecule is CC1CCCC(Cl)(C(=O)O)C1.